The van der Waals surface area contributed by atoms with Gasteiger partial charge in [-0.3, -0.25) is 0 Å². The van der Waals surface area contributed by atoms with Crippen molar-refractivity contribution >= 4 is 6.29 Å². The molecule has 1 aliphatic carbocycles. The average molecular weight is 168 g/mol. The van der Waals surface area contributed by atoms with Gasteiger partial charge in [-0.05, 0) is 26.7 Å². The van der Waals surface area contributed by atoms with Gasteiger partial charge >= 0.3 is 0 Å². The third kappa shape index (κ3) is 11.9. The highest BCUT2D eigenvalue weighted by atomic mass is 16.1. The molecule has 0 aromatic carbocycles. The second-order valence-corrected chi connectivity index (χ2v) is 2.22. The monoisotopic (exact) mass is 168 g/mol. The Hall–Kier alpha value is -0.850. The van der Waals surface area contributed by atoms with E-state index in [2.05, 4.69) is 25.2 Å². The summed E-state index contributed by atoms with van der Waals surface area (Å²) in [6, 6.07) is 0. The molecule has 70 valence electrons. The Kier molecular flexibility index (Phi) is 14.6. The summed E-state index contributed by atoms with van der Waals surface area (Å²) >= 11 is 0. The molecule has 0 amide bonds. The van der Waals surface area contributed by atoms with Crippen LogP contribution in [0.15, 0.2) is 23.8 Å². The molecule has 0 atom stereocenters. The van der Waals surface area contributed by atoms with Crippen molar-refractivity contribution in [3.05, 3.63) is 23.8 Å². The van der Waals surface area contributed by atoms with E-state index in [4.69, 9.17) is 4.79 Å². The zero-order valence-corrected chi connectivity index (χ0v) is 8.63. The molecule has 0 heterocycles. The molecule has 0 aromatic rings. The first-order chi connectivity index (χ1) is 5.81. The molecule has 1 nitrogen and oxygen atoms in total. The fourth-order valence-electron chi connectivity index (χ4n) is 0.723. The normalized spacial score (nSPS) is 12.8. The van der Waals surface area contributed by atoms with E-state index in [-0.39, 0.29) is 0 Å². The lowest BCUT2D eigenvalue weighted by Gasteiger charge is -1.98. The van der Waals surface area contributed by atoms with E-state index in [9.17, 15) is 0 Å². The van der Waals surface area contributed by atoms with E-state index in [1.807, 2.05) is 13.8 Å². The Balaban J connectivity index is 0. The molecule has 0 aliphatic heterocycles. The molecule has 0 fully saturated rings. The topological polar surface area (TPSA) is 17.1 Å². The molecule has 1 aliphatic rings. The van der Waals surface area contributed by atoms with Crippen molar-refractivity contribution in [3.8, 4) is 0 Å². The Labute approximate surface area is 76.2 Å². The van der Waals surface area contributed by atoms with E-state index in [1.165, 1.54) is 25.3 Å². The van der Waals surface area contributed by atoms with Gasteiger partial charge in [-0.1, -0.05) is 37.6 Å². The average Bonchev–Trinajstić information content (AvgIpc) is 2.11. The van der Waals surface area contributed by atoms with Crippen LogP contribution in [0.2, 0.25) is 0 Å². The zero-order chi connectivity index (χ0) is 9.82. The molecule has 0 bridgehead atoms. The third-order valence-electron chi connectivity index (χ3n) is 1.22. The van der Waals surface area contributed by atoms with Crippen LogP contribution in [-0.4, -0.2) is 6.29 Å². The summed E-state index contributed by atoms with van der Waals surface area (Å²) in [7, 11) is 0. The SMILES string of the molecule is CC.CC1=CC=CCC1.CC=O. The standard InChI is InChI=1S/C7H10.C2H4O.C2H6/c1-7-5-3-2-4-6-7;1-2-3;1-2/h2-3,5H,4,6H2,1H3;2H,1H3;1-2H3. The minimum atomic E-state index is 0.750. The summed E-state index contributed by atoms with van der Waals surface area (Å²) in [6.07, 6.45) is 9.74. The number of aldehydes is 1. The summed E-state index contributed by atoms with van der Waals surface area (Å²) in [5, 5.41) is 0. The highest BCUT2D eigenvalue weighted by molar-refractivity contribution is 5.44. The summed E-state index contributed by atoms with van der Waals surface area (Å²) in [6.45, 7) is 7.61. The fourth-order valence-corrected chi connectivity index (χ4v) is 0.723. The highest BCUT2D eigenvalue weighted by Gasteiger charge is 1.88. The van der Waals surface area contributed by atoms with Crippen LogP contribution < -0.4 is 0 Å². The largest absolute Gasteiger partial charge is 0.304 e. The van der Waals surface area contributed by atoms with Crippen molar-refractivity contribution in [2.75, 3.05) is 0 Å². The molecule has 0 spiro atoms. The molecule has 0 aromatic heterocycles. The van der Waals surface area contributed by atoms with Crippen LogP contribution in [0.5, 0.6) is 0 Å². The van der Waals surface area contributed by atoms with Crippen molar-refractivity contribution < 1.29 is 4.79 Å². The van der Waals surface area contributed by atoms with Gasteiger partial charge in [0.25, 0.3) is 0 Å². The molecule has 1 rings (SSSR count). The smallest absolute Gasteiger partial charge is 0.116 e. The van der Waals surface area contributed by atoms with Crippen molar-refractivity contribution in [1.82, 2.24) is 0 Å². The number of allylic oxidation sites excluding steroid dienone is 4. The van der Waals surface area contributed by atoms with E-state index < -0.39 is 0 Å². The van der Waals surface area contributed by atoms with Gasteiger partial charge in [0.05, 0.1) is 0 Å². The molecule has 0 unspecified atom stereocenters. The second kappa shape index (κ2) is 12.8. The molecule has 0 radical (unpaired) electrons. The number of carbonyl (C=O) groups is 1. The van der Waals surface area contributed by atoms with Gasteiger partial charge in [0.1, 0.15) is 6.29 Å². The van der Waals surface area contributed by atoms with Crippen LogP contribution in [0.3, 0.4) is 0 Å². The summed E-state index contributed by atoms with van der Waals surface area (Å²) in [4.78, 5) is 8.81. The molecule has 1 heteroatoms. The number of rotatable bonds is 0. The third-order valence-corrected chi connectivity index (χ3v) is 1.22. The molecular formula is C11H20O. The fraction of sp³-hybridized carbons (Fsp3) is 0.545. The number of hydrogen-bond donors (Lipinski definition) is 0. The number of hydrogen-bond acceptors (Lipinski definition) is 1. The van der Waals surface area contributed by atoms with E-state index >= 15 is 0 Å². The van der Waals surface area contributed by atoms with Crippen LogP contribution in [0.1, 0.15) is 40.5 Å². The Morgan fingerprint density at radius 2 is 1.92 bits per heavy atom. The van der Waals surface area contributed by atoms with Crippen LogP contribution >= 0.6 is 0 Å². The van der Waals surface area contributed by atoms with Crippen molar-refractivity contribution in [2.45, 2.75) is 40.5 Å². The van der Waals surface area contributed by atoms with Gasteiger partial charge in [0.15, 0.2) is 0 Å². The lowest BCUT2D eigenvalue weighted by atomic mass is 10.1. The van der Waals surface area contributed by atoms with Gasteiger partial charge < -0.3 is 4.79 Å². The van der Waals surface area contributed by atoms with Crippen molar-refractivity contribution in [3.63, 3.8) is 0 Å². The molecule has 12 heavy (non-hydrogen) atoms. The van der Waals surface area contributed by atoms with Gasteiger partial charge in [-0.25, -0.2) is 0 Å². The van der Waals surface area contributed by atoms with Gasteiger partial charge in [-0.15, -0.1) is 0 Å². The Morgan fingerprint density at radius 3 is 2.08 bits per heavy atom. The predicted octanol–water partition coefficient (Wildman–Crippen LogP) is 3.51. The lowest BCUT2D eigenvalue weighted by molar-refractivity contribution is -0.106. The van der Waals surface area contributed by atoms with Gasteiger partial charge in [0, 0.05) is 0 Å². The van der Waals surface area contributed by atoms with Gasteiger partial charge in [0.2, 0.25) is 0 Å². The first kappa shape index (κ1) is 13.7. The maximum Gasteiger partial charge on any atom is 0.116 e. The summed E-state index contributed by atoms with van der Waals surface area (Å²) < 4.78 is 0. The Morgan fingerprint density at radius 1 is 1.42 bits per heavy atom. The minimum Gasteiger partial charge on any atom is -0.304 e. The molecule has 0 saturated carbocycles. The summed E-state index contributed by atoms with van der Waals surface area (Å²) in [5.41, 5.74) is 1.50. The van der Waals surface area contributed by atoms with Crippen LogP contribution in [0.25, 0.3) is 0 Å². The quantitative estimate of drug-likeness (QED) is 0.506. The lowest BCUT2D eigenvalue weighted by Crippen LogP contribution is -1.78. The first-order valence-electron chi connectivity index (χ1n) is 4.53. The first-order valence-corrected chi connectivity index (χ1v) is 4.53. The van der Waals surface area contributed by atoms with E-state index in [1.54, 1.807) is 0 Å². The minimum absolute atomic E-state index is 0.750. The molecule has 0 N–H and O–H groups in total. The molecule has 0 saturated heterocycles. The van der Waals surface area contributed by atoms with Crippen molar-refractivity contribution in [1.29, 1.82) is 0 Å². The van der Waals surface area contributed by atoms with Crippen molar-refractivity contribution in [2.24, 2.45) is 0 Å². The second-order valence-electron chi connectivity index (χ2n) is 2.22. The Bertz CT molecular complexity index is 143. The van der Waals surface area contributed by atoms with E-state index in [0.717, 1.165) is 6.29 Å². The van der Waals surface area contributed by atoms with Gasteiger partial charge in [-0.2, -0.15) is 0 Å². The van der Waals surface area contributed by atoms with Crippen LogP contribution in [-0.2, 0) is 4.79 Å². The summed E-state index contributed by atoms with van der Waals surface area (Å²) in [5.74, 6) is 0. The maximum atomic E-state index is 8.81. The zero-order valence-electron chi connectivity index (χ0n) is 8.63. The van der Waals surface area contributed by atoms with Crippen LogP contribution in [0.4, 0.5) is 0 Å². The highest BCUT2D eigenvalue weighted by Crippen LogP contribution is 2.08. The van der Waals surface area contributed by atoms with Crippen LogP contribution in [0, 0.1) is 0 Å². The number of carbonyl (C=O) groups excluding carboxylic acids is 1. The predicted molar refractivity (Wildman–Crippen MR) is 55.2 cm³/mol. The van der Waals surface area contributed by atoms with E-state index in [0.29, 0.717) is 0 Å². The maximum absolute atomic E-state index is 8.81. The molecular weight excluding hydrogens is 148 g/mol.